The van der Waals surface area contributed by atoms with Gasteiger partial charge in [0, 0.05) is 24.2 Å². The lowest BCUT2D eigenvalue weighted by molar-refractivity contribution is 0.398. The van der Waals surface area contributed by atoms with E-state index in [0.29, 0.717) is 12.1 Å². The highest BCUT2D eigenvalue weighted by Gasteiger charge is 2.24. The minimum absolute atomic E-state index is 0.304. The third-order valence-electron chi connectivity index (χ3n) is 4.43. The molecule has 0 radical (unpaired) electrons. The second kappa shape index (κ2) is 5.93. The second-order valence-electron chi connectivity index (χ2n) is 5.73. The molecule has 0 heterocycles. The van der Waals surface area contributed by atoms with Crippen molar-refractivity contribution < 1.29 is 4.74 Å². The summed E-state index contributed by atoms with van der Waals surface area (Å²) in [5.74, 6) is 1.02. The number of ether oxygens (including phenoxy) is 1. The molecule has 0 aromatic heterocycles. The third kappa shape index (κ3) is 2.93. The summed E-state index contributed by atoms with van der Waals surface area (Å²) in [7, 11) is 1.76. The third-order valence-corrected chi connectivity index (χ3v) is 4.43. The van der Waals surface area contributed by atoms with Crippen molar-refractivity contribution in [3.8, 4) is 5.75 Å². The second-order valence-corrected chi connectivity index (χ2v) is 5.73. The number of nitrogens with two attached hydrogens (primary N) is 1. The molecule has 2 atom stereocenters. The van der Waals surface area contributed by atoms with Gasteiger partial charge in [-0.15, -0.1) is 0 Å². The predicted octanol–water partition coefficient (Wildman–Crippen LogP) is 2.59. The number of hydrogen-bond donors (Lipinski definition) is 2. The minimum Gasteiger partial charge on any atom is -0.496 e. The Kier molecular flexibility index (Phi) is 4.48. The van der Waals surface area contributed by atoms with E-state index in [1.807, 2.05) is 0 Å². The van der Waals surface area contributed by atoms with Gasteiger partial charge in [0.05, 0.1) is 7.11 Å². The van der Waals surface area contributed by atoms with Crippen LogP contribution in [-0.2, 0) is 6.54 Å². The lowest BCUT2D eigenvalue weighted by atomic mass is 9.98. The van der Waals surface area contributed by atoms with Crippen molar-refractivity contribution in [1.29, 1.82) is 0 Å². The van der Waals surface area contributed by atoms with Gasteiger partial charge in [0.2, 0.25) is 0 Å². The number of aryl methyl sites for hydroxylation is 2. The van der Waals surface area contributed by atoms with Crippen LogP contribution in [0, 0.1) is 20.8 Å². The summed E-state index contributed by atoms with van der Waals surface area (Å²) in [4.78, 5) is 0. The zero-order valence-electron chi connectivity index (χ0n) is 12.5. The van der Waals surface area contributed by atoms with Crippen LogP contribution in [0.2, 0.25) is 0 Å². The summed E-state index contributed by atoms with van der Waals surface area (Å²) in [5, 5.41) is 3.60. The van der Waals surface area contributed by atoms with Gasteiger partial charge in [0.25, 0.3) is 0 Å². The van der Waals surface area contributed by atoms with Crippen molar-refractivity contribution in [1.82, 2.24) is 5.32 Å². The van der Waals surface area contributed by atoms with Crippen LogP contribution in [0.3, 0.4) is 0 Å². The molecule has 1 saturated carbocycles. The lowest BCUT2D eigenvalue weighted by Gasteiger charge is -2.21. The first kappa shape index (κ1) is 14.4. The average Bonchev–Trinajstić information content (AvgIpc) is 2.78. The molecule has 3 N–H and O–H groups in total. The van der Waals surface area contributed by atoms with Gasteiger partial charge in [-0.25, -0.2) is 0 Å². The fourth-order valence-corrected chi connectivity index (χ4v) is 3.08. The molecule has 1 fully saturated rings. The molecule has 19 heavy (non-hydrogen) atoms. The SMILES string of the molecule is COc1c(C)c(C)cc(C)c1CNC1CCCC1N. The molecular weight excluding hydrogens is 236 g/mol. The fourth-order valence-electron chi connectivity index (χ4n) is 3.08. The lowest BCUT2D eigenvalue weighted by Crippen LogP contribution is -2.40. The van der Waals surface area contributed by atoms with Crippen molar-refractivity contribution in [3.63, 3.8) is 0 Å². The highest BCUT2D eigenvalue weighted by atomic mass is 16.5. The molecule has 2 rings (SSSR count). The Balaban J connectivity index is 2.17. The number of nitrogens with one attached hydrogen (secondary N) is 1. The maximum Gasteiger partial charge on any atom is 0.126 e. The van der Waals surface area contributed by atoms with Gasteiger partial charge in [0.15, 0.2) is 0 Å². The summed E-state index contributed by atoms with van der Waals surface area (Å²) in [6.45, 7) is 7.25. The molecule has 106 valence electrons. The Morgan fingerprint density at radius 2 is 2.00 bits per heavy atom. The summed E-state index contributed by atoms with van der Waals surface area (Å²) < 4.78 is 5.61. The van der Waals surface area contributed by atoms with Crippen LogP contribution in [0.1, 0.15) is 41.5 Å². The van der Waals surface area contributed by atoms with E-state index >= 15 is 0 Å². The van der Waals surface area contributed by atoms with Gasteiger partial charge in [-0.2, -0.15) is 0 Å². The van der Waals surface area contributed by atoms with Crippen LogP contribution in [-0.4, -0.2) is 19.2 Å². The van der Waals surface area contributed by atoms with E-state index in [9.17, 15) is 0 Å². The predicted molar refractivity (Wildman–Crippen MR) is 79.7 cm³/mol. The Bertz CT molecular complexity index is 457. The number of rotatable bonds is 4. The maximum absolute atomic E-state index is 6.11. The molecule has 0 aliphatic heterocycles. The highest BCUT2D eigenvalue weighted by molar-refractivity contribution is 5.49. The van der Waals surface area contributed by atoms with Crippen molar-refractivity contribution in [2.75, 3.05) is 7.11 Å². The zero-order chi connectivity index (χ0) is 14.0. The Hall–Kier alpha value is -1.06. The minimum atomic E-state index is 0.304. The zero-order valence-corrected chi connectivity index (χ0v) is 12.5. The standard InChI is InChI=1S/C16H26N2O/c1-10-8-11(2)13(16(19-4)12(10)3)9-18-15-7-5-6-14(15)17/h8,14-15,18H,5-7,9,17H2,1-4H3. The van der Waals surface area contributed by atoms with Gasteiger partial charge in [-0.3, -0.25) is 0 Å². The Morgan fingerprint density at radius 3 is 2.58 bits per heavy atom. The molecule has 1 aromatic carbocycles. The first-order valence-corrected chi connectivity index (χ1v) is 7.17. The number of hydrogen-bond acceptors (Lipinski definition) is 3. The Morgan fingerprint density at radius 1 is 1.26 bits per heavy atom. The summed E-state index contributed by atoms with van der Waals surface area (Å²) in [6, 6.07) is 2.99. The number of benzene rings is 1. The van der Waals surface area contributed by atoms with E-state index in [4.69, 9.17) is 10.5 Å². The van der Waals surface area contributed by atoms with Crippen molar-refractivity contribution in [3.05, 3.63) is 28.3 Å². The normalized spacial score (nSPS) is 22.8. The fraction of sp³-hybridized carbons (Fsp3) is 0.625. The Labute approximate surface area is 116 Å². The van der Waals surface area contributed by atoms with E-state index in [2.05, 4.69) is 32.2 Å². The smallest absolute Gasteiger partial charge is 0.126 e. The van der Waals surface area contributed by atoms with E-state index in [1.165, 1.54) is 35.1 Å². The van der Waals surface area contributed by atoms with Crippen LogP contribution in [0.15, 0.2) is 6.07 Å². The van der Waals surface area contributed by atoms with Crippen molar-refractivity contribution in [2.24, 2.45) is 5.73 Å². The van der Waals surface area contributed by atoms with E-state index in [0.717, 1.165) is 18.7 Å². The largest absolute Gasteiger partial charge is 0.496 e. The van der Waals surface area contributed by atoms with Gasteiger partial charge in [-0.1, -0.05) is 12.5 Å². The van der Waals surface area contributed by atoms with Crippen molar-refractivity contribution in [2.45, 2.75) is 58.7 Å². The summed E-state index contributed by atoms with van der Waals surface area (Å²) >= 11 is 0. The van der Waals surface area contributed by atoms with Gasteiger partial charge in [-0.05, 0) is 50.3 Å². The van der Waals surface area contributed by atoms with E-state index in [1.54, 1.807) is 7.11 Å². The first-order valence-electron chi connectivity index (χ1n) is 7.17. The quantitative estimate of drug-likeness (QED) is 0.877. The van der Waals surface area contributed by atoms with Crippen LogP contribution >= 0.6 is 0 Å². The molecule has 0 amide bonds. The van der Waals surface area contributed by atoms with E-state index in [-0.39, 0.29) is 0 Å². The van der Waals surface area contributed by atoms with Crippen LogP contribution in [0.25, 0.3) is 0 Å². The molecule has 3 nitrogen and oxygen atoms in total. The maximum atomic E-state index is 6.11. The summed E-state index contributed by atoms with van der Waals surface area (Å²) in [5.41, 5.74) is 11.2. The average molecular weight is 262 g/mol. The molecule has 0 saturated heterocycles. The first-order chi connectivity index (χ1) is 9.04. The molecule has 1 aliphatic rings. The van der Waals surface area contributed by atoms with Crippen LogP contribution < -0.4 is 15.8 Å². The molecule has 0 bridgehead atoms. The topological polar surface area (TPSA) is 47.3 Å². The molecule has 2 unspecified atom stereocenters. The van der Waals surface area contributed by atoms with Gasteiger partial charge in [0.1, 0.15) is 5.75 Å². The molecule has 1 aromatic rings. The number of methoxy groups -OCH3 is 1. The van der Waals surface area contributed by atoms with Crippen molar-refractivity contribution >= 4 is 0 Å². The van der Waals surface area contributed by atoms with Crippen LogP contribution in [0.5, 0.6) is 5.75 Å². The molecule has 3 heteroatoms. The molecule has 1 aliphatic carbocycles. The van der Waals surface area contributed by atoms with Gasteiger partial charge < -0.3 is 15.8 Å². The molecule has 0 spiro atoms. The van der Waals surface area contributed by atoms with E-state index < -0.39 is 0 Å². The highest BCUT2D eigenvalue weighted by Crippen LogP contribution is 2.30. The van der Waals surface area contributed by atoms with Gasteiger partial charge >= 0.3 is 0 Å². The monoisotopic (exact) mass is 262 g/mol. The van der Waals surface area contributed by atoms with Crippen LogP contribution in [0.4, 0.5) is 0 Å². The summed E-state index contributed by atoms with van der Waals surface area (Å²) in [6.07, 6.45) is 3.57. The molecular formula is C16H26N2O.